The Bertz CT molecular complexity index is 238. The molecule has 0 aliphatic rings. The fourth-order valence-electron chi connectivity index (χ4n) is 1.73. The van der Waals surface area contributed by atoms with Gasteiger partial charge in [-0.05, 0) is 39.0 Å². The van der Waals surface area contributed by atoms with Gasteiger partial charge in [-0.2, -0.15) is 0 Å². The van der Waals surface area contributed by atoms with Gasteiger partial charge in [-0.15, -0.1) is 0 Å². The van der Waals surface area contributed by atoms with E-state index in [1.807, 2.05) is 13.8 Å². The summed E-state index contributed by atoms with van der Waals surface area (Å²) < 4.78 is 10.2. The molecule has 0 saturated heterocycles. The highest BCUT2D eigenvalue weighted by atomic mass is 16.5. The van der Waals surface area contributed by atoms with Gasteiger partial charge in [-0.1, -0.05) is 6.92 Å². The van der Waals surface area contributed by atoms with Gasteiger partial charge in [0.15, 0.2) is 0 Å². The van der Waals surface area contributed by atoms with E-state index in [9.17, 15) is 9.59 Å². The van der Waals surface area contributed by atoms with Crippen LogP contribution in [0.2, 0.25) is 0 Å². The van der Waals surface area contributed by atoms with Crippen molar-refractivity contribution in [3.63, 3.8) is 0 Å². The first-order chi connectivity index (χ1) is 7.95. The third-order valence-electron chi connectivity index (χ3n) is 2.54. The molecule has 100 valence electrons. The normalized spacial score (nSPS) is 13.9. The summed E-state index contributed by atoms with van der Waals surface area (Å²) in [5.74, 6) is -0.450. The van der Waals surface area contributed by atoms with Crippen molar-refractivity contribution in [3.05, 3.63) is 0 Å². The standard InChI is InChI=1S/C13H24O4/c1-5-13(17-12(4)15)9-7-6-8-10(2)16-11(3)14/h10,13H,5-9H2,1-4H3/t10-,13+/m1/s1. The molecular weight excluding hydrogens is 220 g/mol. The fraction of sp³-hybridized carbons (Fsp3) is 0.846. The summed E-state index contributed by atoms with van der Waals surface area (Å²) in [6.07, 6.45) is 4.54. The maximum Gasteiger partial charge on any atom is 0.302 e. The fourth-order valence-corrected chi connectivity index (χ4v) is 1.73. The van der Waals surface area contributed by atoms with Crippen LogP contribution in [-0.4, -0.2) is 24.1 Å². The van der Waals surface area contributed by atoms with Gasteiger partial charge in [-0.25, -0.2) is 0 Å². The Balaban J connectivity index is 3.61. The van der Waals surface area contributed by atoms with Crippen LogP contribution in [0, 0.1) is 0 Å². The summed E-state index contributed by atoms with van der Waals surface area (Å²) in [6.45, 7) is 6.76. The molecule has 2 atom stereocenters. The lowest BCUT2D eigenvalue weighted by molar-refractivity contribution is -0.148. The second-order valence-corrected chi connectivity index (χ2v) is 4.34. The Morgan fingerprint density at radius 1 is 1.00 bits per heavy atom. The number of hydrogen-bond acceptors (Lipinski definition) is 4. The van der Waals surface area contributed by atoms with Gasteiger partial charge in [-0.3, -0.25) is 9.59 Å². The van der Waals surface area contributed by atoms with Crippen LogP contribution in [-0.2, 0) is 19.1 Å². The molecule has 0 aromatic rings. The SMILES string of the molecule is CC[C@@H](CCCC[C@@H](C)OC(C)=O)OC(C)=O. The summed E-state index contributed by atoms with van der Waals surface area (Å²) >= 11 is 0. The Kier molecular flexibility index (Phi) is 8.46. The first kappa shape index (κ1) is 15.9. The molecule has 0 bridgehead atoms. The molecule has 0 spiro atoms. The topological polar surface area (TPSA) is 52.6 Å². The molecule has 0 radical (unpaired) electrons. The maximum atomic E-state index is 10.8. The van der Waals surface area contributed by atoms with Crippen molar-refractivity contribution < 1.29 is 19.1 Å². The Hall–Kier alpha value is -1.06. The van der Waals surface area contributed by atoms with Crippen molar-refractivity contribution in [3.8, 4) is 0 Å². The first-order valence-corrected chi connectivity index (χ1v) is 6.30. The van der Waals surface area contributed by atoms with Crippen molar-refractivity contribution in [2.45, 2.75) is 72.0 Å². The number of ether oxygens (including phenoxy) is 2. The van der Waals surface area contributed by atoms with Crippen LogP contribution < -0.4 is 0 Å². The van der Waals surface area contributed by atoms with E-state index in [1.165, 1.54) is 13.8 Å². The molecule has 0 aromatic heterocycles. The quantitative estimate of drug-likeness (QED) is 0.486. The largest absolute Gasteiger partial charge is 0.463 e. The van der Waals surface area contributed by atoms with E-state index < -0.39 is 0 Å². The van der Waals surface area contributed by atoms with E-state index in [2.05, 4.69) is 0 Å². The summed E-state index contributed by atoms with van der Waals surface area (Å²) in [5, 5.41) is 0. The van der Waals surface area contributed by atoms with E-state index in [0.717, 1.165) is 32.1 Å². The van der Waals surface area contributed by atoms with Gasteiger partial charge >= 0.3 is 11.9 Å². The molecular formula is C13H24O4. The summed E-state index contributed by atoms with van der Waals surface area (Å²) in [5.41, 5.74) is 0. The molecule has 0 rings (SSSR count). The molecule has 0 aliphatic carbocycles. The number of hydrogen-bond donors (Lipinski definition) is 0. The van der Waals surface area contributed by atoms with E-state index in [0.29, 0.717) is 0 Å². The molecule has 0 unspecified atom stereocenters. The highest BCUT2D eigenvalue weighted by molar-refractivity contribution is 5.66. The average molecular weight is 244 g/mol. The van der Waals surface area contributed by atoms with Gasteiger partial charge in [0.2, 0.25) is 0 Å². The zero-order chi connectivity index (χ0) is 13.3. The summed E-state index contributed by atoms with van der Waals surface area (Å²) in [6, 6.07) is 0. The van der Waals surface area contributed by atoms with Crippen LogP contribution in [0.4, 0.5) is 0 Å². The molecule has 0 aromatic carbocycles. The minimum Gasteiger partial charge on any atom is -0.463 e. The second-order valence-electron chi connectivity index (χ2n) is 4.34. The van der Waals surface area contributed by atoms with Crippen molar-refractivity contribution in [2.24, 2.45) is 0 Å². The van der Waals surface area contributed by atoms with Gasteiger partial charge in [0.25, 0.3) is 0 Å². The number of esters is 2. The Morgan fingerprint density at radius 2 is 1.53 bits per heavy atom. The molecule has 4 heteroatoms. The van der Waals surface area contributed by atoms with Crippen molar-refractivity contribution in [2.75, 3.05) is 0 Å². The zero-order valence-corrected chi connectivity index (χ0v) is 11.3. The van der Waals surface area contributed by atoms with Crippen molar-refractivity contribution in [1.29, 1.82) is 0 Å². The number of unbranched alkanes of at least 4 members (excludes halogenated alkanes) is 1. The van der Waals surface area contributed by atoms with Crippen LogP contribution in [0.15, 0.2) is 0 Å². The molecule has 0 N–H and O–H groups in total. The monoisotopic (exact) mass is 244 g/mol. The molecule has 0 aliphatic heterocycles. The third-order valence-corrected chi connectivity index (χ3v) is 2.54. The van der Waals surface area contributed by atoms with Crippen LogP contribution in [0.25, 0.3) is 0 Å². The number of rotatable bonds is 8. The Morgan fingerprint density at radius 3 is 2.00 bits per heavy atom. The van der Waals surface area contributed by atoms with Crippen LogP contribution in [0.1, 0.15) is 59.8 Å². The van der Waals surface area contributed by atoms with Crippen LogP contribution in [0.5, 0.6) is 0 Å². The zero-order valence-electron chi connectivity index (χ0n) is 11.3. The van der Waals surface area contributed by atoms with Gasteiger partial charge in [0.05, 0.1) is 6.10 Å². The van der Waals surface area contributed by atoms with Crippen LogP contribution >= 0.6 is 0 Å². The predicted octanol–water partition coefficient (Wildman–Crippen LogP) is 2.84. The number of carbonyl (C=O) groups is 2. The average Bonchev–Trinajstić information content (AvgIpc) is 2.20. The lowest BCUT2D eigenvalue weighted by Gasteiger charge is -2.15. The Labute approximate surface area is 104 Å². The first-order valence-electron chi connectivity index (χ1n) is 6.30. The van der Waals surface area contributed by atoms with E-state index in [-0.39, 0.29) is 24.1 Å². The van der Waals surface area contributed by atoms with E-state index in [4.69, 9.17) is 9.47 Å². The lowest BCUT2D eigenvalue weighted by atomic mass is 10.1. The van der Waals surface area contributed by atoms with Crippen molar-refractivity contribution in [1.82, 2.24) is 0 Å². The van der Waals surface area contributed by atoms with E-state index >= 15 is 0 Å². The third kappa shape index (κ3) is 9.85. The minimum absolute atomic E-state index is 0.0246. The van der Waals surface area contributed by atoms with Gasteiger partial charge in [0.1, 0.15) is 6.10 Å². The predicted molar refractivity (Wildman–Crippen MR) is 65.5 cm³/mol. The lowest BCUT2D eigenvalue weighted by Crippen LogP contribution is -2.16. The highest BCUT2D eigenvalue weighted by Gasteiger charge is 2.10. The molecule has 0 amide bonds. The second kappa shape index (κ2) is 9.02. The molecule has 0 heterocycles. The molecule has 0 saturated carbocycles. The summed E-state index contributed by atoms with van der Waals surface area (Å²) in [4.78, 5) is 21.5. The number of carbonyl (C=O) groups excluding carboxylic acids is 2. The van der Waals surface area contributed by atoms with Gasteiger partial charge in [0, 0.05) is 13.8 Å². The van der Waals surface area contributed by atoms with Crippen molar-refractivity contribution >= 4 is 11.9 Å². The molecule has 0 fully saturated rings. The minimum atomic E-state index is -0.233. The van der Waals surface area contributed by atoms with Gasteiger partial charge < -0.3 is 9.47 Å². The maximum absolute atomic E-state index is 10.8. The molecule has 4 nitrogen and oxygen atoms in total. The molecule has 17 heavy (non-hydrogen) atoms. The highest BCUT2D eigenvalue weighted by Crippen LogP contribution is 2.12. The van der Waals surface area contributed by atoms with Crippen LogP contribution in [0.3, 0.4) is 0 Å². The van der Waals surface area contributed by atoms with E-state index in [1.54, 1.807) is 0 Å². The smallest absolute Gasteiger partial charge is 0.302 e. The summed E-state index contributed by atoms with van der Waals surface area (Å²) in [7, 11) is 0.